The van der Waals surface area contributed by atoms with E-state index in [0.29, 0.717) is 36.0 Å². The number of nitrogens with zero attached hydrogens (tertiary/aromatic N) is 5. The molecule has 0 radical (unpaired) electrons. The molecule has 1 aliphatic carbocycles. The lowest BCUT2D eigenvalue weighted by atomic mass is 9.93. The molecule has 9 nitrogen and oxygen atoms in total. The molecule has 0 aliphatic heterocycles. The topological polar surface area (TPSA) is 114 Å². The summed E-state index contributed by atoms with van der Waals surface area (Å²) in [6.45, 7) is 4.88. The lowest BCUT2D eigenvalue weighted by Crippen LogP contribution is -2.34. The van der Waals surface area contributed by atoms with Crippen LogP contribution in [0.2, 0.25) is 0 Å². The number of aliphatic hydroxyl groups is 1. The van der Waals surface area contributed by atoms with Crippen molar-refractivity contribution in [1.29, 1.82) is 0 Å². The molecule has 9 heteroatoms. The molecular weight excluding hydrogens is 430 g/mol. The first-order valence-corrected chi connectivity index (χ1v) is 12.4. The molecule has 4 rings (SSSR count). The highest BCUT2D eigenvalue weighted by atomic mass is 16.5. The molecule has 0 unspecified atom stereocenters. The molecule has 1 aromatic carbocycles. The molecule has 0 amide bonds. The second kappa shape index (κ2) is 11.5. The van der Waals surface area contributed by atoms with Crippen LogP contribution in [0.4, 0.5) is 11.8 Å². The van der Waals surface area contributed by atoms with Crippen LogP contribution in [0.15, 0.2) is 24.4 Å². The first-order valence-electron chi connectivity index (χ1n) is 12.4. The van der Waals surface area contributed by atoms with Crippen molar-refractivity contribution >= 4 is 22.8 Å². The van der Waals surface area contributed by atoms with Crippen LogP contribution in [-0.4, -0.2) is 57.7 Å². The van der Waals surface area contributed by atoms with Gasteiger partial charge in [0, 0.05) is 31.2 Å². The molecule has 0 saturated heterocycles. The van der Waals surface area contributed by atoms with Gasteiger partial charge in [-0.2, -0.15) is 10.1 Å². The number of anilines is 2. The maximum Gasteiger partial charge on any atom is 0.222 e. The van der Waals surface area contributed by atoms with Gasteiger partial charge in [-0.15, -0.1) is 0 Å². The van der Waals surface area contributed by atoms with Crippen molar-refractivity contribution in [2.24, 2.45) is 0 Å². The summed E-state index contributed by atoms with van der Waals surface area (Å²) in [4.78, 5) is 10.9. The second-order valence-electron chi connectivity index (χ2n) is 9.04. The van der Waals surface area contributed by atoms with Gasteiger partial charge >= 0.3 is 0 Å². The molecule has 2 heterocycles. The fraction of sp³-hybridized carbons (Fsp3) is 0.560. The maximum atomic E-state index is 9.60. The smallest absolute Gasteiger partial charge is 0.222 e. The van der Waals surface area contributed by atoms with E-state index in [1.54, 1.807) is 7.11 Å². The van der Waals surface area contributed by atoms with E-state index in [9.17, 15) is 5.11 Å². The van der Waals surface area contributed by atoms with Crippen LogP contribution >= 0.6 is 0 Å². The normalized spacial score (nSPS) is 13.9. The summed E-state index contributed by atoms with van der Waals surface area (Å²) in [7, 11) is 1.70. The van der Waals surface area contributed by atoms with Crippen molar-refractivity contribution in [1.82, 2.24) is 25.1 Å². The zero-order chi connectivity index (χ0) is 23.9. The number of fused-ring (bicyclic) bond motifs is 1. The van der Waals surface area contributed by atoms with Crippen molar-refractivity contribution in [3.05, 3.63) is 35.5 Å². The third-order valence-electron chi connectivity index (χ3n) is 6.49. The molecule has 1 saturated carbocycles. The number of unbranched alkanes of at least 4 members (excludes halogenated alkanes) is 2. The van der Waals surface area contributed by atoms with E-state index in [1.807, 2.05) is 10.9 Å². The highest BCUT2D eigenvalue weighted by molar-refractivity contribution is 5.86. The standard InChI is InChI=1S/C25H37N7O2/c1-3-4-5-11-31(12-13-33)24-23-21(28-25(26)29-24)17-32(30-23)16-19-10-9-18(14-22(19)34-2)15-27-20-7-6-8-20/h9-10,14,17,20,27,33H,3-8,11-13,15-16H2,1-2H3,(H2,26,28). The lowest BCUT2D eigenvalue weighted by Gasteiger charge is -2.26. The Bertz CT molecular complexity index is 1080. The Labute approximate surface area is 201 Å². The minimum atomic E-state index is 0.0391. The summed E-state index contributed by atoms with van der Waals surface area (Å²) in [5.41, 5.74) is 9.67. The molecule has 0 atom stereocenters. The second-order valence-corrected chi connectivity index (χ2v) is 9.04. The molecule has 34 heavy (non-hydrogen) atoms. The van der Waals surface area contributed by atoms with E-state index in [-0.39, 0.29) is 12.6 Å². The van der Waals surface area contributed by atoms with Crippen molar-refractivity contribution in [2.75, 3.05) is 37.4 Å². The van der Waals surface area contributed by atoms with Gasteiger partial charge in [-0.1, -0.05) is 38.3 Å². The van der Waals surface area contributed by atoms with E-state index in [2.05, 4.69) is 45.3 Å². The van der Waals surface area contributed by atoms with Gasteiger partial charge in [0.25, 0.3) is 0 Å². The number of rotatable bonds is 13. The van der Waals surface area contributed by atoms with Crippen molar-refractivity contribution in [3.8, 4) is 5.75 Å². The SMILES string of the molecule is CCCCCN(CCO)c1nc(N)nc2cn(Cc3ccc(CNC4CCC4)cc3OC)nc12. The number of benzene rings is 1. The first kappa shape index (κ1) is 24.2. The minimum absolute atomic E-state index is 0.0391. The number of nitrogen functional groups attached to an aromatic ring is 1. The number of nitrogens with one attached hydrogen (secondary N) is 1. The van der Waals surface area contributed by atoms with Crippen LogP contribution < -0.4 is 20.7 Å². The number of aliphatic hydroxyl groups excluding tert-OH is 1. The summed E-state index contributed by atoms with van der Waals surface area (Å²) in [6, 6.07) is 7.00. The van der Waals surface area contributed by atoms with Gasteiger partial charge in [0.2, 0.25) is 5.95 Å². The molecule has 184 valence electrons. The summed E-state index contributed by atoms with van der Waals surface area (Å²) < 4.78 is 7.55. The number of hydrogen-bond acceptors (Lipinski definition) is 8. The van der Waals surface area contributed by atoms with Crippen LogP contribution in [-0.2, 0) is 13.1 Å². The summed E-state index contributed by atoms with van der Waals surface area (Å²) >= 11 is 0. The molecule has 2 aromatic heterocycles. The van der Waals surface area contributed by atoms with E-state index in [1.165, 1.54) is 24.8 Å². The molecule has 1 fully saturated rings. The van der Waals surface area contributed by atoms with Gasteiger partial charge in [0.15, 0.2) is 11.3 Å². The van der Waals surface area contributed by atoms with Crippen LogP contribution in [0.5, 0.6) is 5.75 Å². The van der Waals surface area contributed by atoms with Gasteiger partial charge < -0.3 is 25.8 Å². The Kier molecular flexibility index (Phi) is 8.18. The molecule has 0 bridgehead atoms. The first-order chi connectivity index (χ1) is 16.6. The largest absolute Gasteiger partial charge is 0.496 e. The van der Waals surface area contributed by atoms with E-state index in [0.717, 1.165) is 43.7 Å². The third kappa shape index (κ3) is 5.77. The van der Waals surface area contributed by atoms with Crippen LogP contribution in [0.1, 0.15) is 56.6 Å². The fourth-order valence-corrected chi connectivity index (χ4v) is 4.34. The van der Waals surface area contributed by atoms with Gasteiger partial charge in [0.1, 0.15) is 11.3 Å². The number of aromatic nitrogens is 4. The molecule has 0 spiro atoms. The molecule has 3 aromatic rings. The summed E-state index contributed by atoms with van der Waals surface area (Å²) in [6.07, 6.45) is 9.02. The maximum absolute atomic E-state index is 9.60. The number of nitrogens with two attached hydrogens (primary N) is 1. The number of methoxy groups -OCH3 is 1. The summed E-state index contributed by atoms with van der Waals surface area (Å²) in [5, 5.41) is 18.0. The molecular formula is C25H37N7O2. The van der Waals surface area contributed by atoms with E-state index < -0.39 is 0 Å². The van der Waals surface area contributed by atoms with Crippen molar-refractivity contribution in [2.45, 2.75) is 64.6 Å². The van der Waals surface area contributed by atoms with Gasteiger partial charge in [-0.05, 0) is 30.9 Å². The van der Waals surface area contributed by atoms with E-state index in [4.69, 9.17) is 15.6 Å². The quantitative estimate of drug-likeness (QED) is 0.329. The molecule has 1 aliphatic rings. The van der Waals surface area contributed by atoms with Gasteiger partial charge in [-0.3, -0.25) is 4.68 Å². The summed E-state index contributed by atoms with van der Waals surface area (Å²) in [5.74, 6) is 1.73. The fourth-order valence-electron chi connectivity index (χ4n) is 4.34. The van der Waals surface area contributed by atoms with Crippen LogP contribution in [0.3, 0.4) is 0 Å². The minimum Gasteiger partial charge on any atom is -0.496 e. The van der Waals surface area contributed by atoms with Crippen molar-refractivity contribution < 1.29 is 9.84 Å². The number of ether oxygens (including phenoxy) is 1. The monoisotopic (exact) mass is 467 g/mol. The van der Waals surface area contributed by atoms with E-state index >= 15 is 0 Å². The predicted octanol–water partition coefficient (Wildman–Crippen LogP) is 3.10. The van der Waals surface area contributed by atoms with Crippen molar-refractivity contribution in [3.63, 3.8) is 0 Å². The lowest BCUT2D eigenvalue weighted by molar-refractivity contribution is 0.301. The highest BCUT2D eigenvalue weighted by Crippen LogP contribution is 2.26. The Morgan fingerprint density at radius 3 is 2.79 bits per heavy atom. The Morgan fingerprint density at radius 2 is 2.09 bits per heavy atom. The highest BCUT2D eigenvalue weighted by Gasteiger charge is 2.18. The van der Waals surface area contributed by atoms with Gasteiger partial charge in [-0.25, -0.2) is 4.98 Å². The predicted molar refractivity (Wildman–Crippen MR) is 135 cm³/mol. The van der Waals surface area contributed by atoms with Crippen LogP contribution in [0.25, 0.3) is 11.0 Å². The average Bonchev–Trinajstić information content (AvgIpc) is 3.20. The third-order valence-corrected chi connectivity index (χ3v) is 6.49. The Hall–Kier alpha value is -2.91. The Morgan fingerprint density at radius 1 is 1.24 bits per heavy atom. The zero-order valence-corrected chi connectivity index (χ0v) is 20.3. The number of hydrogen-bond donors (Lipinski definition) is 3. The molecule has 4 N–H and O–H groups in total. The zero-order valence-electron chi connectivity index (χ0n) is 20.3. The average molecular weight is 468 g/mol. The Balaban J connectivity index is 1.55. The van der Waals surface area contributed by atoms with Gasteiger partial charge in [0.05, 0.1) is 26.5 Å². The van der Waals surface area contributed by atoms with Crippen LogP contribution in [0, 0.1) is 0 Å².